The third-order valence-corrected chi connectivity index (χ3v) is 3.14. The molecule has 20 heavy (non-hydrogen) atoms. The summed E-state index contributed by atoms with van der Waals surface area (Å²) in [6.45, 7) is 0.581. The van der Waals surface area contributed by atoms with Crippen LogP contribution in [0.25, 0.3) is 0 Å². The zero-order valence-electron chi connectivity index (χ0n) is 11.0. The largest absolute Gasteiger partial charge is 0.478 e. The van der Waals surface area contributed by atoms with Crippen LogP contribution in [0.2, 0.25) is 0 Å². The van der Waals surface area contributed by atoms with Gasteiger partial charge in [-0.2, -0.15) is 0 Å². The number of carbonyl (C=O) groups is 1. The molecule has 0 amide bonds. The van der Waals surface area contributed by atoms with E-state index in [1.165, 1.54) is 0 Å². The van der Waals surface area contributed by atoms with Crippen LogP contribution in [0.3, 0.4) is 0 Å². The van der Waals surface area contributed by atoms with Gasteiger partial charge in [0, 0.05) is 6.54 Å². The predicted molar refractivity (Wildman–Crippen MR) is 76.5 cm³/mol. The van der Waals surface area contributed by atoms with Crippen molar-refractivity contribution in [3.05, 3.63) is 71.3 Å². The molecule has 0 saturated heterocycles. The van der Waals surface area contributed by atoms with Crippen molar-refractivity contribution in [2.45, 2.75) is 12.6 Å². The van der Waals surface area contributed by atoms with Gasteiger partial charge in [-0.1, -0.05) is 42.5 Å². The van der Waals surface area contributed by atoms with E-state index >= 15 is 0 Å². The fourth-order valence-electron chi connectivity index (χ4n) is 1.98. The Labute approximate surface area is 117 Å². The summed E-state index contributed by atoms with van der Waals surface area (Å²) < 4.78 is 0. The number of benzene rings is 2. The first-order valence-electron chi connectivity index (χ1n) is 6.42. The Morgan fingerprint density at radius 3 is 2.25 bits per heavy atom. The Morgan fingerprint density at radius 2 is 1.70 bits per heavy atom. The molecule has 2 aromatic rings. The maximum atomic E-state index is 10.8. The molecule has 0 aliphatic carbocycles. The summed E-state index contributed by atoms with van der Waals surface area (Å²) in [7, 11) is 0. The van der Waals surface area contributed by atoms with Crippen LogP contribution >= 0.6 is 0 Å². The van der Waals surface area contributed by atoms with Gasteiger partial charge < -0.3 is 15.5 Å². The minimum Gasteiger partial charge on any atom is -0.478 e. The van der Waals surface area contributed by atoms with Crippen molar-refractivity contribution in [3.63, 3.8) is 0 Å². The molecule has 0 heterocycles. The van der Waals surface area contributed by atoms with Crippen molar-refractivity contribution >= 4 is 5.97 Å². The van der Waals surface area contributed by atoms with Gasteiger partial charge in [-0.25, -0.2) is 4.79 Å². The van der Waals surface area contributed by atoms with Crippen LogP contribution in [0, 0.1) is 0 Å². The minimum absolute atomic E-state index is 0.0111. The molecule has 0 aromatic heterocycles. The fourth-order valence-corrected chi connectivity index (χ4v) is 1.98. The van der Waals surface area contributed by atoms with Crippen molar-refractivity contribution in [2.75, 3.05) is 6.61 Å². The average Bonchev–Trinajstić information content (AvgIpc) is 2.49. The summed E-state index contributed by atoms with van der Waals surface area (Å²) in [5, 5.41) is 21.5. The number of aromatic carboxylic acids is 1. The lowest BCUT2D eigenvalue weighted by Crippen LogP contribution is -2.23. The monoisotopic (exact) mass is 271 g/mol. The van der Waals surface area contributed by atoms with Gasteiger partial charge >= 0.3 is 5.97 Å². The van der Waals surface area contributed by atoms with E-state index in [2.05, 4.69) is 5.32 Å². The number of hydrogen-bond acceptors (Lipinski definition) is 3. The van der Waals surface area contributed by atoms with Crippen LogP contribution < -0.4 is 5.32 Å². The second-order valence-electron chi connectivity index (χ2n) is 4.53. The number of nitrogens with one attached hydrogen (secondary N) is 1. The number of aliphatic hydroxyl groups is 1. The van der Waals surface area contributed by atoms with Crippen LogP contribution in [-0.2, 0) is 6.54 Å². The molecule has 0 aliphatic rings. The van der Waals surface area contributed by atoms with Gasteiger partial charge in [0.25, 0.3) is 0 Å². The van der Waals surface area contributed by atoms with Gasteiger partial charge in [0.05, 0.1) is 18.2 Å². The van der Waals surface area contributed by atoms with Gasteiger partial charge in [0.1, 0.15) is 0 Å². The highest BCUT2D eigenvalue weighted by molar-refractivity contribution is 5.87. The second kappa shape index (κ2) is 6.84. The fraction of sp³-hybridized carbons (Fsp3) is 0.188. The van der Waals surface area contributed by atoms with E-state index in [1.54, 1.807) is 24.3 Å². The first kappa shape index (κ1) is 14.2. The summed E-state index contributed by atoms with van der Waals surface area (Å²) >= 11 is 0. The first-order valence-corrected chi connectivity index (χ1v) is 6.42. The summed E-state index contributed by atoms with van der Waals surface area (Å²) in [5.74, 6) is -0.929. The number of hydrogen-bond donors (Lipinski definition) is 3. The van der Waals surface area contributed by atoms with E-state index in [-0.39, 0.29) is 18.2 Å². The van der Waals surface area contributed by atoms with E-state index in [0.717, 1.165) is 11.1 Å². The third-order valence-electron chi connectivity index (χ3n) is 3.14. The first-order chi connectivity index (χ1) is 9.70. The van der Waals surface area contributed by atoms with Gasteiger partial charge in [-0.15, -0.1) is 0 Å². The van der Waals surface area contributed by atoms with Crippen molar-refractivity contribution in [2.24, 2.45) is 0 Å². The third kappa shape index (κ3) is 3.66. The number of carboxylic acid groups (broad SMARTS) is 1. The van der Waals surface area contributed by atoms with E-state index in [1.807, 2.05) is 30.3 Å². The maximum absolute atomic E-state index is 10.8. The lowest BCUT2D eigenvalue weighted by molar-refractivity contribution is 0.0697. The molecule has 3 N–H and O–H groups in total. The molecule has 4 heteroatoms. The molecule has 0 radical (unpaired) electrons. The smallest absolute Gasteiger partial charge is 0.335 e. The SMILES string of the molecule is O=C(O)c1ccc(CNC(CO)c2ccccc2)cc1. The molecule has 2 aromatic carbocycles. The lowest BCUT2D eigenvalue weighted by Gasteiger charge is -2.16. The van der Waals surface area contributed by atoms with Crippen LogP contribution in [0.15, 0.2) is 54.6 Å². The quantitative estimate of drug-likeness (QED) is 0.753. The Morgan fingerprint density at radius 1 is 1.05 bits per heavy atom. The zero-order chi connectivity index (χ0) is 14.4. The molecular weight excluding hydrogens is 254 g/mol. The van der Waals surface area contributed by atoms with Gasteiger partial charge in [0.2, 0.25) is 0 Å². The van der Waals surface area contributed by atoms with Crippen molar-refractivity contribution in [1.82, 2.24) is 5.32 Å². The molecule has 0 bridgehead atoms. The van der Waals surface area contributed by atoms with Gasteiger partial charge in [-0.05, 0) is 23.3 Å². The Bertz CT molecular complexity index is 552. The van der Waals surface area contributed by atoms with Crippen LogP contribution in [-0.4, -0.2) is 22.8 Å². The van der Waals surface area contributed by atoms with Crippen molar-refractivity contribution in [1.29, 1.82) is 0 Å². The highest BCUT2D eigenvalue weighted by Gasteiger charge is 2.09. The topological polar surface area (TPSA) is 69.6 Å². The Hall–Kier alpha value is -2.17. The summed E-state index contributed by atoms with van der Waals surface area (Å²) in [4.78, 5) is 10.8. The number of aliphatic hydroxyl groups excluding tert-OH is 1. The van der Waals surface area contributed by atoms with E-state index in [0.29, 0.717) is 6.54 Å². The molecule has 0 spiro atoms. The highest BCUT2D eigenvalue weighted by atomic mass is 16.4. The predicted octanol–water partition coefficient (Wildman–Crippen LogP) is 2.21. The zero-order valence-corrected chi connectivity index (χ0v) is 11.0. The molecule has 0 saturated carbocycles. The lowest BCUT2D eigenvalue weighted by atomic mass is 10.1. The maximum Gasteiger partial charge on any atom is 0.335 e. The van der Waals surface area contributed by atoms with Crippen LogP contribution in [0.1, 0.15) is 27.5 Å². The summed E-state index contributed by atoms with van der Waals surface area (Å²) in [5.41, 5.74) is 2.28. The Balaban J connectivity index is 1.98. The van der Waals surface area contributed by atoms with Crippen LogP contribution in [0.4, 0.5) is 0 Å². The molecule has 0 fully saturated rings. The van der Waals surface area contributed by atoms with E-state index < -0.39 is 5.97 Å². The standard InChI is InChI=1S/C16H17NO3/c18-11-15(13-4-2-1-3-5-13)17-10-12-6-8-14(9-7-12)16(19)20/h1-9,15,17-18H,10-11H2,(H,19,20). The molecular formula is C16H17NO3. The molecule has 104 valence electrons. The molecule has 1 unspecified atom stereocenters. The van der Waals surface area contributed by atoms with Crippen molar-refractivity contribution < 1.29 is 15.0 Å². The van der Waals surface area contributed by atoms with Gasteiger partial charge in [-0.3, -0.25) is 0 Å². The average molecular weight is 271 g/mol. The molecule has 2 rings (SSSR count). The molecule has 1 atom stereocenters. The number of rotatable bonds is 6. The van der Waals surface area contributed by atoms with Crippen molar-refractivity contribution in [3.8, 4) is 0 Å². The number of carboxylic acids is 1. The van der Waals surface area contributed by atoms with Gasteiger partial charge in [0.15, 0.2) is 0 Å². The van der Waals surface area contributed by atoms with Crippen LogP contribution in [0.5, 0.6) is 0 Å². The highest BCUT2D eigenvalue weighted by Crippen LogP contribution is 2.13. The summed E-state index contributed by atoms with van der Waals surface area (Å²) in [6.07, 6.45) is 0. The normalized spacial score (nSPS) is 12.1. The summed E-state index contributed by atoms with van der Waals surface area (Å²) in [6, 6.07) is 16.3. The molecule has 4 nitrogen and oxygen atoms in total. The Kier molecular flexibility index (Phi) is 4.87. The minimum atomic E-state index is -0.929. The second-order valence-corrected chi connectivity index (χ2v) is 4.53. The van der Waals surface area contributed by atoms with E-state index in [4.69, 9.17) is 5.11 Å². The molecule has 0 aliphatic heterocycles. The van der Waals surface area contributed by atoms with E-state index in [9.17, 15) is 9.90 Å².